The van der Waals surface area contributed by atoms with Crippen LogP contribution in [-0.4, -0.2) is 28.5 Å². The van der Waals surface area contributed by atoms with Crippen LogP contribution >= 0.6 is 11.3 Å². The number of hydrogen-bond donors (Lipinski definition) is 1. The molecule has 0 aliphatic heterocycles. The lowest BCUT2D eigenvalue weighted by molar-refractivity contribution is -0.189. The second-order valence-electron chi connectivity index (χ2n) is 3.92. The highest BCUT2D eigenvalue weighted by atomic mass is 32.1. The third-order valence-corrected chi connectivity index (χ3v) is 3.12. The molecule has 4 nitrogen and oxygen atoms in total. The van der Waals surface area contributed by atoms with Gasteiger partial charge in [0.15, 0.2) is 6.10 Å². The minimum absolute atomic E-state index is 0.0394. The Morgan fingerprint density at radius 2 is 2.18 bits per heavy atom. The maximum atomic E-state index is 12.2. The van der Waals surface area contributed by atoms with E-state index in [0.29, 0.717) is 17.6 Å². The first kappa shape index (κ1) is 12.6. The van der Waals surface area contributed by atoms with E-state index >= 15 is 0 Å². The van der Waals surface area contributed by atoms with E-state index < -0.39 is 12.3 Å². The number of rotatable bonds is 5. The zero-order chi connectivity index (χ0) is 12.5. The molecule has 2 rings (SSSR count). The van der Waals surface area contributed by atoms with Crippen LogP contribution in [0, 0.1) is 0 Å². The van der Waals surface area contributed by atoms with Gasteiger partial charge in [0.1, 0.15) is 5.01 Å². The maximum Gasteiger partial charge on any atom is 0.425 e. The summed E-state index contributed by atoms with van der Waals surface area (Å²) in [5.41, 5.74) is 0. The Morgan fingerprint density at radius 3 is 2.76 bits per heavy atom. The standard InChI is InChI=1S/C9H12F3N3OS/c1-5(9(10,11)12)16-8-15-14-7(17-8)4-13-6-2-3-6/h5-6,13H,2-4H2,1H3. The summed E-state index contributed by atoms with van der Waals surface area (Å²) in [6.45, 7) is 1.48. The van der Waals surface area contributed by atoms with Gasteiger partial charge in [-0.3, -0.25) is 0 Å². The lowest BCUT2D eigenvalue weighted by Gasteiger charge is -2.14. The molecule has 0 aromatic carbocycles. The van der Waals surface area contributed by atoms with E-state index in [1.807, 2.05) is 0 Å². The van der Waals surface area contributed by atoms with Crippen molar-refractivity contribution in [2.75, 3.05) is 0 Å². The Hall–Kier alpha value is -0.890. The molecule has 1 heterocycles. The van der Waals surface area contributed by atoms with Gasteiger partial charge in [0.2, 0.25) is 0 Å². The molecule has 0 saturated heterocycles. The first-order valence-electron chi connectivity index (χ1n) is 5.24. The molecule has 1 aromatic rings. The van der Waals surface area contributed by atoms with Gasteiger partial charge in [-0.2, -0.15) is 13.2 Å². The average molecular weight is 267 g/mol. The molecule has 1 aliphatic carbocycles. The van der Waals surface area contributed by atoms with Gasteiger partial charge < -0.3 is 10.1 Å². The van der Waals surface area contributed by atoms with Gasteiger partial charge in [0.25, 0.3) is 5.19 Å². The van der Waals surface area contributed by atoms with Crippen molar-refractivity contribution in [1.82, 2.24) is 15.5 Å². The molecule has 8 heteroatoms. The zero-order valence-corrected chi connectivity index (χ0v) is 9.94. The quantitative estimate of drug-likeness (QED) is 0.887. The Balaban J connectivity index is 1.84. The van der Waals surface area contributed by atoms with E-state index in [0.717, 1.165) is 31.1 Å². The van der Waals surface area contributed by atoms with Gasteiger partial charge in [0, 0.05) is 6.04 Å². The molecule has 0 spiro atoms. The fourth-order valence-electron chi connectivity index (χ4n) is 1.09. The highest BCUT2D eigenvalue weighted by Crippen LogP contribution is 2.27. The third kappa shape index (κ3) is 3.81. The van der Waals surface area contributed by atoms with E-state index in [2.05, 4.69) is 20.3 Å². The summed E-state index contributed by atoms with van der Waals surface area (Å²) in [5, 5.41) is 11.1. The molecule has 1 aromatic heterocycles. The van der Waals surface area contributed by atoms with Crippen LogP contribution < -0.4 is 10.1 Å². The van der Waals surface area contributed by atoms with E-state index in [4.69, 9.17) is 0 Å². The average Bonchev–Trinajstić information content (AvgIpc) is 2.95. The van der Waals surface area contributed by atoms with Gasteiger partial charge in [-0.15, -0.1) is 5.10 Å². The van der Waals surface area contributed by atoms with Crippen LogP contribution in [0.3, 0.4) is 0 Å². The zero-order valence-electron chi connectivity index (χ0n) is 9.12. The predicted octanol–water partition coefficient (Wildman–Crippen LogP) is 2.12. The summed E-state index contributed by atoms with van der Waals surface area (Å²) in [4.78, 5) is 0. The molecule has 1 unspecified atom stereocenters. The topological polar surface area (TPSA) is 47.0 Å². The second kappa shape index (κ2) is 4.77. The highest BCUT2D eigenvalue weighted by molar-refractivity contribution is 7.13. The highest BCUT2D eigenvalue weighted by Gasteiger charge is 2.38. The molecular formula is C9H12F3N3OS. The Labute approximate surface area is 100 Å². The summed E-state index contributed by atoms with van der Waals surface area (Å²) in [6.07, 6.45) is -3.95. The number of nitrogens with one attached hydrogen (secondary N) is 1. The normalized spacial score (nSPS) is 18.1. The number of nitrogens with zero attached hydrogens (tertiary/aromatic N) is 2. The fraction of sp³-hybridized carbons (Fsp3) is 0.778. The van der Waals surface area contributed by atoms with Crippen LogP contribution in [0.15, 0.2) is 0 Å². The summed E-state index contributed by atoms with van der Waals surface area (Å²) in [6, 6.07) is 0.525. The van der Waals surface area contributed by atoms with Crippen LogP contribution in [-0.2, 0) is 6.54 Å². The van der Waals surface area contributed by atoms with E-state index in [1.54, 1.807) is 0 Å². The van der Waals surface area contributed by atoms with E-state index in [9.17, 15) is 13.2 Å². The Kier molecular flexibility index (Phi) is 3.53. The Bertz CT molecular complexity index is 378. The number of halogens is 3. The van der Waals surface area contributed by atoms with Gasteiger partial charge in [-0.1, -0.05) is 16.4 Å². The van der Waals surface area contributed by atoms with Crippen molar-refractivity contribution in [3.8, 4) is 5.19 Å². The molecule has 1 N–H and O–H groups in total. The number of hydrogen-bond acceptors (Lipinski definition) is 5. The van der Waals surface area contributed by atoms with Crippen molar-refractivity contribution in [3.05, 3.63) is 5.01 Å². The minimum atomic E-state index is -4.38. The molecule has 0 radical (unpaired) electrons. The maximum absolute atomic E-state index is 12.2. The van der Waals surface area contributed by atoms with Crippen molar-refractivity contribution in [1.29, 1.82) is 0 Å². The molecule has 1 saturated carbocycles. The number of alkyl halides is 3. The van der Waals surface area contributed by atoms with E-state index in [1.165, 1.54) is 0 Å². The van der Waals surface area contributed by atoms with Crippen LogP contribution in [0.4, 0.5) is 13.2 Å². The summed E-state index contributed by atoms with van der Waals surface area (Å²) in [7, 11) is 0. The van der Waals surface area contributed by atoms with Crippen molar-refractivity contribution < 1.29 is 17.9 Å². The van der Waals surface area contributed by atoms with Gasteiger partial charge in [-0.05, 0) is 19.8 Å². The van der Waals surface area contributed by atoms with Crippen molar-refractivity contribution in [2.24, 2.45) is 0 Å². The largest absolute Gasteiger partial charge is 0.456 e. The second-order valence-corrected chi connectivity index (χ2v) is 4.94. The molecular weight excluding hydrogens is 255 g/mol. The minimum Gasteiger partial charge on any atom is -0.456 e. The summed E-state index contributed by atoms with van der Waals surface area (Å²) in [5.74, 6) is 0. The van der Waals surface area contributed by atoms with Gasteiger partial charge in [0.05, 0.1) is 6.54 Å². The van der Waals surface area contributed by atoms with E-state index in [-0.39, 0.29) is 5.19 Å². The number of aromatic nitrogens is 2. The summed E-state index contributed by atoms with van der Waals surface area (Å²) < 4.78 is 41.3. The van der Waals surface area contributed by atoms with Crippen molar-refractivity contribution in [3.63, 3.8) is 0 Å². The van der Waals surface area contributed by atoms with Crippen LogP contribution in [0.5, 0.6) is 5.19 Å². The van der Waals surface area contributed by atoms with Gasteiger partial charge >= 0.3 is 6.18 Å². The lowest BCUT2D eigenvalue weighted by atomic mass is 10.4. The first-order chi connectivity index (χ1) is 7.95. The predicted molar refractivity (Wildman–Crippen MR) is 55.9 cm³/mol. The fourth-order valence-corrected chi connectivity index (χ4v) is 1.81. The van der Waals surface area contributed by atoms with Crippen LogP contribution in [0.25, 0.3) is 0 Å². The Morgan fingerprint density at radius 1 is 1.47 bits per heavy atom. The molecule has 0 bridgehead atoms. The monoisotopic (exact) mass is 267 g/mol. The molecule has 1 fully saturated rings. The van der Waals surface area contributed by atoms with Crippen LogP contribution in [0.2, 0.25) is 0 Å². The third-order valence-electron chi connectivity index (χ3n) is 2.31. The van der Waals surface area contributed by atoms with Crippen LogP contribution in [0.1, 0.15) is 24.8 Å². The lowest BCUT2D eigenvalue weighted by Crippen LogP contribution is -2.31. The SMILES string of the molecule is CC(Oc1nnc(CNC2CC2)s1)C(F)(F)F. The molecule has 1 aliphatic rings. The first-order valence-corrected chi connectivity index (χ1v) is 6.06. The van der Waals surface area contributed by atoms with Crippen molar-refractivity contribution in [2.45, 2.75) is 44.6 Å². The molecule has 96 valence electrons. The number of ether oxygens (including phenoxy) is 1. The molecule has 1 atom stereocenters. The smallest absolute Gasteiger partial charge is 0.425 e. The van der Waals surface area contributed by atoms with Gasteiger partial charge in [-0.25, -0.2) is 0 Å². The molecule has 0 amide bonds. The molecule has 17 heavy (non-hydrogen) atoms. The summed E-state index contributed by atoms with van der Waals surface area (Å²) >= 11 is 1.04. The van der Waals surface area contributed by atoms with Crippen molar-refractivity contribution >= 4 is 11.3 Å².